The maximum atomic E-state index is 12.8. The molecule has 4 fully saturated rings. The molecule has 224 valence electrons. The van der Waals surface area contributed by atoms with Gasteiger partial charge in [-0.1, -0.05) is 78.8 Å². The van der Waals surface area contributed by atoms with Crippen LogP contribution in [0.15, 0.2) is 0 Å². The average Bonchev–Trinajstić information content (AvgIpc) is 3.27. The third-order valence-corrected chi connectivity index (χ3v) is 14.0. The molecule has 3 N–H and O–H groups in total. The first-order chi connectivity index (χ1) is 18.7. The number of rotatable bonds is 5. The highest BCUT2D eigenvalue weighted by molar-refractivity contribution is 6.55. The van der Waals surface area contributed by atoms with E-state index >= 15 is 0 Å². The smallest absolute Gasteiger partial charge is 0.311 e. The Morgan fingerprint density at radius 1 is 0.900 bits per heavy atom. The summed E-state index contributed by atoms with van der Waals surface area (Å²) in [6.45, 7) is 6.67. The predicted molar refractivity (Wildman–Crippen MR) is 160 cm³/mol. The van der Waals surface area contributed by atoms with E-state index in [-0.39, 0.29) is 83.8 Å². The first-order valence-electron chi connectivity index (χ1n) is 14.5. The molecular formula is C30H39Cl5O5. The van der Waals surface area contributed by atoms with Gasteiger partial charge in [0.2, 0.25) is 0 Å². The first-order valence-corrected chi connectivity index (χ1v) is 16.4. The lowest BCUT2D eigenvalue weighted by Gasteiger charge is -2.63. The molecule has 4 aliphatic carbocycles. The number of aliphatic hydroxyl groups excluding tert-OH is 3. The number of benzene rings is 1. The zero-order valence-corrected chi connectivity index (χ0v) is 26.9. The highest BCUT2D eigenvalue weighted by Crippen LogP contribution is 2.68. The van der Waals surface area contributed by atoms with E-state index in [1.807, 2.05) is 0 Å². The topological polar surface area (TPSA) is 87.0 Å². The van der Waals surface area contributed by atoms with E-state index in [1.165, 1.54) is 0 Å². The summed E-state index contributed by atoms with van der Waals surface area (Å²) in [5.41, 5.74) is -0.304. The average molecular weight is 657 g/mol. The number of carbonyl (C=O) groups is 1. The van der Waals surface area contributed by atoms with E-state index in [0.29, 0.717) is 18.8 Å². The molecule has 11 atom stereocenters. The fourth-order valence-corrected chi connectivity index (χ4v) is 10.7. The molecule has 0 spiro atoms. The van der Waals surface area contributed by atoms with Gasteiger partial charge in [-0.05, 0) is 97.7 Å². The van der Waals surface area contributed by atoms with E-state index in [1.54, 1.807) is 0 Å². The monoisotopic (exact) mass is 654 g/mol. The van der Waals surface area contributed by atoms with Crippen molar-refractivity contribution < 1.29 is 24.9 Å². The van der Waals surface area contributed by atoms with E-state index in [2.05, 4.69) is 20.8 Å². The summed E-state index contributed by atoms with van der Waals surface area (Å²) in [5.74, 6) is 0.652. The van der Waals surface area contributed by atoms with Crippen LogP contribution in [0.3, 0.4) is 0 Å². The summed E-state index contributed by atoms with van der Waals surface area (Å²) in [4.78, 5) is 12.8. The molecule has 40 heavy (non-hydrogen) atoms. The number of aliphatic hydroxyl groups is 3. The summed E-state index contributed by atoms with van der Waals surface area (Å²) < 4.78 is 5.48. The molecule has 1 aromatic rings. The van der Waals surface area contributed by atoms with Crippen LogP contribution in [0.25, 0.3) is 0 Å². The Labute approximate surface area is 261 Å². The van der Waals surface area contributed by atoms with Gasteiger partial charge < -0.3 is 20.1 Å². The lowest BCUT2D eigenvalue weighted by atomic mass is 9.43. The number of halogens is 5. The van der Waals surface area contributed by atoms with Gasteiger partial charge in [-0.2, -0.15) is 0 Å². The number of hydrogen-bond acceptors (Lipinski definition) is 5. The number of hydrogen-bond donors (Lipinski definition) is 3. The van der Waals surface area contributed by atoms with Gasteiger partial charge in [0.25, 0.3) is 0 Å². The van der Waals surface area contributed by atoms with Crippen LogP contribution < -0.4 is 4.74 Å². The van der Waals surface area contributed by atoms with Crippen molar-refractivity contribution in [1.82, 2.24) is 0 Å². The largest absolute Gasteiger partial charge is 0.423 e. The van der Waals surface area contributed by atoms with Crippen molar-refractivity contribution in [1.29, 1.82) is 0 Å². The molecular weight excluding hydrogens is 618 g/mol. The van der Waals surface area contributed by atoms with E-state index < -0.39 is 18.2 Å². The van der Waals surface area contributed by atoms with Crippen molar-refractivity contribution in [2.75, 3.05) is 0 Å². The Balaban J connectivity index is 1.28. The Morgan fingerprint density at radius 2 is 1.52 bits per heavy atom. The molecule has 5 nitrogen and oxygen atoms in total. The van der Waals surface area contributed by atoms with E-state index in [0.717, 1.165) is 38.5 Å². The molecule has 0 unspecified atom stereocenters. The van der Waals surface area contributed by atoms with E-state index in [9.17, 15) is 20.1 Å². The SMILES string of the molecule is C[C@H](CCC(=O)Oc1c(Cl)c(Cl)c(Cl)c(Cl)c1Cl)[C@H]1CC[C@H]2[C@@H]3[C@H](O)C[C@@H]4C[C@H](O)CC[C@]4(C)[C@H]3C[C@H](O)[C@]12C. The van der Waals surface area contributed by atoms with Crippen molar-refractivity contribution in [3.05, 3.63) is 25.1 Å². The van der Waals surface area contributed by atoms with Crippen molar-refractivity contribution in [3.8, 4) is 5.75 Å². The zero-order chi connectivity index (χ0) is 29.3. The lowest BCUT2D eigenvalue weighted by Crippen LogP contribution is -2.62. The maximum absolute atomic E-state index is 12.8. The van der Waals surface area contributed by atoms with Gasteiger partial charge in [0, 0.05) is 6.42 Å². The minimum absolute atomic E-state index is 0.00209. The van der Waals surface area contributed by atoms with Crippen LogP contribution in [0.5, 0.6) is 5.75 Å². The van der Waals surface area contributed by atoms with Gasteiger partial charge in [0.05, 0.1) is 33.4 Å². The Bertz CT molecular complexity index is 1130. The summed E-state index contributed by atoms with van der Waals surface area (Å²) in [6, 6.07) is 0. The third kappa shape index (κ3) is 5.01. The second-order valence-electron chi connectivity index (χ2n) is 13.4. The molecule has 0 aliphatic heterocycles. The molecule has 10 heteroatoms. The van der Waals surface area contributed by atoms with Gasteiger partial charge in [0.1, 0.15) is 10.0 Å². The van der Waals surface area contributed by atoms with E-state index in [4.69, 9.17) is 62.7 Å². The maximum Gasteiger partial charge on any atom is 0.311 e. The van der Waals surface area contributed by atoms with Gasteiger partial charge in [-0.15, -0.1) is 0 Å². The van der Waals surface area contributed by atoms with Gasteiger partial charge in [0.15, 0.2) is 5.75 Å². The summed E-state index contributed by atoms with van der Waals surface area (Å²) in [7, 11) is 0. The molecule has 0 bridgehead atoms. The van der Waals surface area contributed by atoms with Crippen LogP contribution >= 0.6 is 58.0 Å². The Morgan fingerprint density at radius 3 is 2.17 bits per heavy atom. The molecule has 4 aliphatic rings. The molecule has 0 amide bonds. The van der Waals surface area contributed by atoms with Gasteiger partial charge in [-0.3, -0.25) is 4.79 Å². The standard InChI is InChI=1S/C30H39Cl5O5/c1-13(4-7-21(39)40-28-26(34)24(32)23(31)25(33)27(28)35)16-5-6-17-22-18(12-20(38)30(16,17)3)29(2)9-8-15(36)10-14(29)11-19(22)37/h13-20,22,36-38H,4-12H2,1-3H3/t13-,14+,15-,16-,17+,18+,19-,20+,22+,29+,30-/m1/s1. The number of esters is 1. The molecule has 0 aromatic heterocycles. The zero-order valence-electron chi connectivity index (χ0n) is 23.1. The lowest BCUT2D eigenvalue weighted by molar-refractivity contribution is -0.207. The van der Waals surface area contributed by atoms with Crippen molar-refractivity contribution in [2.24, 2.45) is 46.3 Å². The van der Waals surface area contributed by atoms with Crippen molar-refractivity contribution >= 4 is 64.0 Å². The Kier molecular flexibility index (Phi) is 9.04. The summed E-state index contributed by atoms with van der Waals surface area (Å²) in [6.07, 6.45) is 5.32. The first kappa shape index (κ1) is 31.4. The van der Waals surface area contributed by atoms with Crippen LogP contribution in [-0.2, 0) is 4.79 Å². The van der Waals surface area contributed by atoms with Crippen molar-refractivity contribution in [3.63, 3.8) is 0 Å². The number of fused-ring (bicyclic) bond motifs is 5. The summed E-state index contributed by atoms with van der Waals surface area (Å²) in [5, 5.41) is 33.3. The molecule has 1 aromatic carbocycles. The Hall–Kier alpha value is 0.0200. The fraction of sp³-hybridized carbons (Fsp3) is 0.767. The molecule has 0 saturated heterocycles. The quantitative estimate of drug-likeness (QED) is 0.129. The van der Waals surface area contributed by atoms with Crippen LogP contribution in [-0.4, -0.2) is 39.6 Å². The second kappa shape index (κ2) is 11.5. The van der Waals surface area contributed by atoms with Crippen LogP contribution in [0.1, 0.15) is 78.6 Å². The van der Waals surface area contributed by atoms with Crippen LogP contribution in [0, 0.1) is 46.3 Å². The molecule has 0 radical (unpaired) electrons. The van der Waals surface area contributed by atoms with Crippen molar-refractivity contribution in [2.45, 2.75) is 96.9 Å². The second-order valence-corrected chi connectivity index (χ2v) is 15.3. The highest BCUT2D eigenvalue weighted by atomic mass is 35.5. The van der Waals surface area contributed by atoms with Gasteiger partial charge >= 0.3 is 5.97 Å². The summed E-state index contributed by atoms with van der Waals surface area (Å²) >= 11 is 30.7. The van der Waals surface area contributed by atoms with Crippen LogP contribution in [0.4, 0.5) is 0 Å². The highest BCUT2D eigenvalue weighted by Gasteiger charge is 2.65. The van der Waals surface area contributed by atoms with Gasteiger partial charge in [-0.25, -0.2) is 0 Å². The fourth-order valence-electron chi connectivity index (χ4n) is 9.52. The predicted octanol–water partition coefficient (Wildman–Crippen LogP) is 8.24. The number of carbonyl (C=O) groups excluding carboxylic acids is 1. The number of ether oxygens (including phenoxy) is 1. The molecule has 5 rings (SSSR count). The third-order valence-electron chi connectivity index (χ3n) is 11.7. The normalized spacial score (nSPS) is 41.6. The molecule has 0 heterocycles. The minimum atomic E-state index is -0.504. The minimum Gasteiger partial charge on any atom is -0.423 e. The van der Waals surface area contributed by atoms with Crippen LogP contribution in [0.2, 0.25) is 25.1 Å². The molecule has 4 saturated carbocycles.